The highest BCUT2D eigenvalue weighted by atomic mass is 16.4. The molecule has 0 atom stereocenters. The van der Waals surface area contributed by atoms with Gasteiger partial charge < -0.3 is 36.8 Å². The molecule has 0 aromatic heterocycles. The van der Waals surface area contributed by atoms with E-state index in [1.165, 1.54) is 0 Å². The summed E-state index contributed by atoms with van der Waals surface area (Å²) in [5.41, 5.74) is 0. The van der Waals surface area contributed by atoms with Crippen molar-refractivity contribution < 1.29 is 19.8 Å². The zero-order valence-corrected chi connectivity index (χ0v) is 14.4. The molecule has 0 aliphatic carbocycles. The first-order chi connectivity index (χ1) is 11.6. The van der Waals surface area contributed by atoms with E-state index >= 15 is 0 Å². The molecule has 0 aromatic carbocycles. The molecule has 24 heavy (non-hydrogen) atoms. The molecule has 0 spiro atoms. The van der Waals surface area contributed by atoms with Crippen LogP contribution in [0.15, 0.2) is 0 Å². The van der Waals surface area contributed by atoms with Gasteiger partial charge in [0.1, 0.15) is 0 Å². The lowest BCUT2D eigenvalue weighted by molar-refractivity contribution is -0.137. The molecule has 0 heterocycles. The normalized spacial score (nSPS) is 10.8. The van der Waals surface area contributed by atoms with Gasteiger partial charge in [-0.05, 0) is 32.5 Å². The second-order valence-corrected chi connectivity index (χ2v) is 5.42. The van der Waals surface area contributed by atoms with Crippen LogP contribution in [0.2, 0.25) is 0 Å². The highest BCUT2D eigenvalue weighted by molar-refractivity contribution is 5.68. The molecule has 9 heteroatoms. The van der Waals surface area contributed by atoms with Crippen LogP contribution in [0, 0.1) is 0 Å². The lowest BCUT2D eigenvalue weighted by Crippen LogP contribution is -2.34. The molecule has 142 valence electrons. The topological polar surface area (TPSA) is 135 Å². The number of rotatable bonds is 19. The third kappa shape index (κ3) is 20.7. The van der Waals surface area contributed by atoms with Gasteiger partial charge in [0, 0.05) is 45.7 Å². The van der Waals surface area contributed by atoms with Crippen LogP contribution in [0.5, 0.6) is 0 Å². The molecule has 0 aromatic rings. The maximum absolute atomic E-state index is 10.3. The number of hydrogen-bond donors (Lipinski definition) is 7. The van der Waals surface area contributed by atoms with E-state index in [4.69, 9.17) is 10.2 Å². The van der Waals surface area contributed by atoms with Crippen molar-refractivity contribution in [1.29, 1.82) is 0 Å². The van der Waals surface area contributed by atoms with E-state index < -0.39 is 11.9 Å². The molecule has 0 radical (unpaired) electrons. The van der Waals surface area contributed by atoms with Crippen molar-refractivity contribution >= 4 is 11.9 Å². The van der Waals surface area contributed by atoms with Gasteiger partial charge in [0.05, 0.1) is 6.54 Å². The van der Waals surface area contributed by atoms with Gasteiger partial charge in [0.25, 0.3) is 0 Å². The van der Waals surface area contributed by atoms with Crippen LogP contribution in [-0.2, 0) is 9.59 Å². The van der Waals surface area contributed by atoms with Crippen molar-refractivity contribution in [3.8, 4) is 0 Å². The van der Waals surface area contributed by atoms with Crippen LogP contribution >= 0.6 is 0 Å². The zero-order chi connectivity index (χ0) is 17.9. The van der Waals surface area contributed by atoms with Crippen LogP contribution in [0.4, 0.5) is 0 Å². The summed E-state index contributed by atoms with van der Waals surface area (Å²) in [6.07, 6.45) is 1.92. The molecule has 0 bridgehead atoms. The highest BCUT2D eigenvalue weighted by Crippen LogP contribution is 1.84. The quantitative estimate of drug-likeness (QED) is 0.136. The molecule has 9 nitrogen and oxygen atoms in total. The van der Waals surface area contributed by atoms with E-state index in [1.54, 1.807) is 0 Å². The van der Waals surface area contributed by atoms with Crippen LogP contribution < -0.4 is 26.6 Å². The van der Waals surface area contributed by atoms with Crippen molar-refractivity contribution in [3.63, 3.8) is 0 Å². The Morgan fingerprint density at radius 3 is 1.42 bits per heavy atom. The Bertz CT molecular complexity index is 288. The fraction of sp³-hybridized carbons (Fsp3) is 0.867. The summed E-state index contributed by atoms with van der Waals surface area (Å²) in [5.74, 6) is -1.58. The van der Waals surface area contributed by atoms with Crippen molar-refractivity contribution in [2.45, 2.75) is 19.3 Å². The Kier molecular flexibility index (Phi) is 17.1. The molecule has 0 aliphatic rings. The maximum Gasteiger partial charge on any atom is 0.317 e. The Morgan fingerprint density at radius 1 is 0.542 bits per heavy atom. The minimum absolute atomic E-state index is 0.00803. The van der Waals surface area contributed by atoms with Gasteiger partial charge in [-0.2, -0.15) is 0 Å². The molecular weight excluding hydrogens is 314 g/mol. The Hall–Kier alpha value is -1.26. The van der Waals surface area contributed by atoms with Crippen molar-refractivity contribution in [1.82, 2.24) is 26.6 Å². The van der Waals surface area contributed by atoms with Crippen LogP contribution in [-0.4, -0.2) is 87.6 Å². The highest BCUT2D eigenvalue weighted by Gasteiger charge is 1.96. The SMILES string of the molecule is O=C(O)CCCNCCNCCNCCCNCCNCC(=O)O. The summed E-state index contributed by atoms with van der Waals surface area (Å²) in [6.45, 7) is 7.59. The largest absolute Gasteiger partial charge is 0.481 e. The third-order valence-electron chi connectivity index (χ3n) is 3.16. The van der Waals surface area contributed by atoms with Gasteiger partial charge >= 0.3 is 11.9 Å². The first kappa shape index (κ1) is 22.7. The van der Waals surface area contributed by atoms with Gasteiger partial charge in [-0.15, -0.1) is 0 Å². The Morgan fingerprint density at radius 2 is 0.958 bits per heavy atom. The number of carboxylic acid groups (broad SMARTS) is 2. The monoisotopic (exact) mass is 347 g/mol. The van der Waals surface area contributed by atoms with Crippen LogP contribution in [0.25, 0.3) is 0 Å². The van der Waals surface area contributed by atoms with E-state index in [2.05, 4.69) is 26.6 Å². The summed E-state index contributed by atoms with van der Waals surface area (Å²) in [5, 5.41) is 32.8. The molecule has 0 amide bonds. The fourth-order valence-electron chi connectivity index (χ4n) is 1.93. The predicted octanol–water partition coefficient (Wildman–Crippen LogP) is -1.73. The van der Waals surface area contributed by atoms with E-state index in [-0.39, 0.29) is 13.0 Å². The molecule has 0 rings (SSSR count). The molecule has 0 fully saturated rings. The lowest BCUT2D eigenvalue weighted by Gasteiger charge is -2.08. The van der Waals surface area contributed by atoms with E-state index in [9.17, 15) is 9.59 Å². The van der Waals surface area contributed by atoms with Gasteiger partial charge in [-0.1, -0.05) is 0 Å². The molecule has 0 aliphatic heterocycles. The van der Waals surface area contributed by atoms with E-state index in [1.807, 2.05) is 0 Å². The third-order valence-corrected chi connectivity index (χ3v) is 3.16. The molecule has 7 N–H and O–H groups in total. The fourth-order valence-corrected chi connectivity index (χ4v) is 1.93. The van der Waals surface area contributed by atoms with Gasteiger partial charge in [0.2, 0.25) is 0 Å². The smallest absolute Gasteiger partial charge is 0.317 e. The van der Waals surface area contributed by atoms with Gasteiger partial charge in [-0.25, -0.2) is 0 Å². The lowest BCUT2D eigenvalue weighted by atomic mass is 10.3. The second kappa shape index (κ2) is 18.1. The van der Waals surface area contributed by atoms with Gasteiger partial charge in [0.15, 0.2) is 0 Å². The van der Waals surface area contributed by atoms with E-state index in [0.29, 0.717) is 13.0 Å². The number of carboxylic acids is 2. The van der Waals surface area contributed by atoms with E-state index in [0.717, 1.165) is 58.8 Å². The molecular formula is C15H33N5O4. The zero-order valence-electron chi connectivity index (χ0n) is 14.4. The van der Waals surface area contributed by atoms with Crippen molar-refractivity contribution in [2.24, 2.45) is 0 Å². The number of aliphatic carboxylic acids is 2. The summed E-state index contributed by atoms with van der Waals surface area (Å²) < 4.78 is 0. The van der Waals surface area contributed by atoms with Crippen LogP contribution in [0.1, 0.15) is 19.3 Å². The van der Waals surface area contributed by atoms with Crippen molar-refractivity contribution in [2.75, 3.05) is 65.4 Å². The minimum atomic E-state index is -0.832. The molecule has 0 saturated heterocycles. The number of carbonyl (C=O) groups is 2. The standard InChI is InChI=1S/C15H33N5O4/c21-14(22)3-1-4-16-7-9-19-10-8-17-5-2-6-18-11-12-20-13-15(23)24/h16-20H,1-13H2,(H,21,22)(H,23,24). The summed E-state index contributed by atoms with van der Waals surface area (Å²) >= 11 is 0. The second-order valence-electron chi connectivity index (χ2n) is 5.42. The Labute approximate surface area is 144 Å². The molecule has 0 saturated carbocycles. The summed E-state index contributed by atoms with van der Waals surface area (Å²) in [4.78, 5) is 20.6. The minimum Gasteiger partial charge on any atom is -0.481 e. The number of hydrogen-bond acceptors (Lipinski definition) is 7. The average molecular weight is 347 g/mol. The first-order valence-corrected chi connectivity index (χ1v) is 8.60. The van der Waals surface area contributed by atoms with Gasteiger partial charge in [-0.3, -0.25) is 9.59 Å². The Balaban J connectivity index is 3.00. The predicted molar refractivity (Wildman–Crippen MR) is 93.5 cm³/mol. The molecule has 0 unspecified atom stereocenters. The van der Waals surface area contributed by atoms with Crippen molar-refractivity contribution in [3.05, 3.63) is 0 Å². The summed E-state index contributed by atoms with van der Waals surface area (Å²) in [7, 11) is 0. The summed E-state index contributed by atoms with van der Waals surface area (Å²) in [6, 6.07) is 0. The van der Waals surface area contributed by atoms with Crippen LogP contribution in [0.3, 0.4) is 0 Å². The first-order valence-electron chi connectivity index (χ1n) is 8.60. The number of nitrogens with one attached hydrogen (secondary N) is 5. The maximum atomic E-state index is 10.3. The average Bonchev–Trinajstić information content (AvgIpc) is 2.53.